The van der Waals surface area contributed by atoms with Crippen molar-refractivity contribution in [2.45, 2.75) is 39.8 Å². The van der Waals surface area contributed by atoms with Crippen molar-refractivity contribution < 1.29 is 14.3 Å². The lowest BCUT2D eigenvalue weighted by Gasteiger charge is -2.16. The number of ether oxygens (including phenoxy) is 2. The van der Waals surface area contributed by atoms with Crippen molar-refractivity contribution >= 4 is 17.6 Å². The van der Waals surface area contributed by atoms with E-state index in [1.807, 2.05) is 18.2 Å². The van der Waals surface area contributed by atoms with Gasteiger partial charge in [0.25, 0.3) is 0 Å². The van der Waals surface area contributed by atoms with Crippen LogP contribution in [0.2, 0.25) is 0 Å². The number of carbonyl (C=O) groups excluding carboxylic acids is 1. The molecule has 7 nitrogen and oxygen atoms in total. The number of amides is 1. The molecule has 1 aliphatic carbocycles. The fraction of sp³-hybridized carbons (Fsp3) is 0.417. The van der Waals surface area contributed by atoms with Crippen molar-refractivity contribution in [3.63, 3.8) is 0 Å². The van der Waals surface area contributed by atoms with Crippen molar-refractivity contribution in [3.8, 4) is 11.5 Å². The molecule has 3 N–H and O–H groups in total. The highest BCUT2D eigenvalue weighted by Gasteiger charge is 2.22. The van der Waals surface area contributed by atoms with Crippen molar-refractivity contribution in [1.29, 1.82) is 0 Å². The topological polar surface area (TPSA) is 84.0 Å². The van der Waals surface area contributed by atoms with E-state index in [1.54, 1.807) is 14.2 Å². The summed E-state index contributed by atoms with van der Waals surface area (Å²) in [5.41, 5.74) is 3.93. The summed E-state index contributed by atoms with van der Waals surface area (Å²) in [6.07, 6.45) is 2.54. The molecule has 2 aromatic carbocycles. The highest BCUT2D eigenvalue weighted by molar-refractivity contribution is 5.90. The number of hydrogen-bond acceptors (Lipinski definition) is 4. The fourth-order valence-corrected chi connectivity index (χ4v) is 3.17. The number of aryl methyl sites for hydroxylation is 1. The maximum Gasteiger partial charge on any atom is 0.221 e. The third kappa shape index (κ3) is 6.91. The van der Waals surface area contributed by atoms with Gasteiger partial charge in [0.15, 0.2) is 5.96 Å². The van der Waals surface area contributed by atoms with Gasteiger partial charge in [0.05, 0.1) is 19.4 Å². The summed E-state index contributed by atoms with van der Waals surface area (Å²) in [6.45, 7) is 5.50. The van der Waals surface area contributed by atoms with Crippen LogP contribution in [0.3, 0.4) is 0 Å². The lowest BCUT2D eigenvalue weighted by molar-refractivity contribution is -0.114. The second kappa shape index (κ2) is 10.7. The summed E-state index contributed by atoms with van der Waals surface area (Å²) in [6, 6.07) is 12.0. The van der Waals surface area contributed by atoms with Gasteiger partial charge in [-0.05, 0) is 55.0 Å². The van der Waals surface area contributed by atoms with Crippen LogP contribution in [0.4, 0.5) is 5.69 Å². The monoisotopic (exact) mass is 424 g/mol. The highest BCUT2D eigenvalue weighted by Crippen LogP contribution is 2.30. The molecule has 7 heteroatoms. The second-order valence-corrected chi connectivity index (χ2v) is 7.86. The lowest BCUT2D eigenvalue weighted by Crippen LogP contribution is -2.36. The molecule has 0 spiro atoms. The zero-order valence-corrected chi connectivity index (χ0v) is 18.7. The van der Waals surface area contributed by atoms with Crippen LogP contribution in [0.15, 0.2) is 41.4 Å². The van der Waals surface area contributed by atoms with Gasteiger partial charge in [0, 0.05) is 32.6 Å². The molecule has 0 unspecified atom stereocenters. The van der Waals surface area contributed by atoms with E-state index in [0.717, 1.165) is 23.5 Å². The number of benzene rings is 2. The summed E-state index contributed by atoms with van der Waals surface area (Å²) in [5.74, 6) is 2.82. The Morgan fingerprint density at radius 2 is 1.87 bits per heavy atom. The summed E-state index contributed by atoms with van der Waals surface area (Å²) in [4.78, 5) is 15.8. The van der Waals surface area contributed by atoms with E-state index in [4.69, 9.17) is 9.47 Å². The highest BCUT2D eigenvalue weighted by atomic mass is 16.5. The molecule has 0 radical (unpaired) electrons. The minimum Gasteiger partial charge on any atom is -0.495 e. The van der Waals surface area contributed by atoms with Gasteiger partial charge >= 0.3 is 0 Å². The minimum atomic E-state index is -0.140. The summed E-state index contributed by atoms with van der Waals surface area (Å²) < 4.78 is 11.4. The summed E-state index contributed by atoms with van der Waals surface area (Å²) >= 11 is 0. The Labute approximate surface area is 184 Å². The molecular formula is C24H32N4O3. The maximum absolute atomic E-state index is 11.4. The largest absolute Gasteiger partial charge is 0.495 e. The zero-order valence-electron chi connectivity index (χ0n) is 18.7. The number of rotatable bonds is 9. The molecule has 1 fully saturated rings. The molecule has 2 aromatic rings. The molecule has 1 aliphatic rings. The first kappa shape index (κ1) is 22.5. The number of nitrogens with zero attached hydrogens (tertiary/aromatic N) is 1. The number of hydrogen-bond donors (Lipinski definition) is 3. The van der Waals surface area contributed by atoms with E-state index in [-0.39, 0.29) is 5.91 Å². The van der Waals surface area contributed by atoms with Gasteiger partial charge in [-0.15, -0.1) is 0 Å². The molecule has 166 valence electrons. The first-order chi connectivity index (χ1) is 15.0. The Morgan fingerprint density at radius 3 is 2.55 bits per heavy atom. The van der Waals surface area contributed by atoms with Crippen LogP contribution in [0.1, 0.15) is 36.5 Å². The third-order valence-electron chi connectivity index (χ3n) is 5.10. The van der Waals surface area contributed by atoms with Crippen LogP contribution >= 0.6 is 0 Å². The first-order valence-electron chi connectivity index (χ1n) is 10.6. The van der Waals surface area contributed by atoms with Crippen molar-refractivity contribution in [2.24, 2.45) is 10.9 Å². The molecule has 0 bridgehead atoms. The van der Waals surface area contributed by atoms with E-state index in [0.29, 0.717) is 36.4 Å². The van der Waals surface area contributed by atoms with Gasteiger partial charge in [-0.2, -0.15) is 0 Å². The lowest BCUT2D eigenvalue weighted by atomic mass is 10.1. The van der Waals surface area contributed by atoms with Gasteiger partial charge in [0.2, 0.25) is 5.91 Å². The molecule has 31 heavy (non-hydrogen) atoms. The van der Waals surface area contributed by atoms with E-state index >= 15 is 0 Å². The Hall–Kier alpha value is -3.22. The normalized spacial score (nSPS) is 13.5. The third-order valence-corrected chi connectivity index (χ3v) is 5.10. The molecule has 3 rings (SSSR count). The molecule has 0 aromatic heterocycles. The standard InChI is InChI=1S/C24H32N4O3/c1-16-5-9-20(23(11-16)31-15-18-6-7-18)14-27-24(25-3)26-13-19-8-10-22(30-4)21(12-19)28-17(2)29/h5,8-12,18H,6-7,13-15H2,1-4H3,(H,28,29)(H2,25,26,27). The van der Waals surface area contributed by atoms with E-state index in [9.17, 15) is 4.79 Å². The minimum absolute atomic E-state index is 0.140. The number of aliphatic imine (C=N–C) groups is 1. The average Bonchev–Trinajstić information content (AvgIpc) is 3.57. The Kier molecular flexibility index (Phi) is 7.76. The molecule has 1 saturated carbocycles. The van der Waals surface area contributed by atoms with Gasteiger partial charge < -0.3 is 25.4 Å². The predicted octanol–water partition coefficient (Wildman–Crippen LogP) is 3.62. The maximum atomic E-state index is 11.4. The number of guanidine groups is 1. The van der Waals surface area contributed by atoms with E-state index in [1.165, 1.54) is 25.3 Å². The summed E-state index contributed by atoms with van der Waals surface area (Å²) in [5, 5.41) is 9.46. The Balaban J connectivity index is 1.58. The Morgan fingerprint density at radius 1 is 1.10 bits per heavy atom. The number of methoxy groups -OCH3 is 1. The van der Waals surface area contributed by atoms with E-state index < -0.39 is 0 Å². The quantitative estimate of drug-likeness (QED) is 0.423. The number of nitrogens with one attached hydrogen (secondary N) is 3. The van der Waals surface area contributed by atoms with Crippen LogP contribution in [-0.4, -0.2) is 32.6 Å². The van der Waals surface area contributed by atoms with Crippen LogP contribution in [0.25, 0.3) is 0 Å². The zero-order chi connectivity index (χ0) is 22.2. The molecule has 0 atom stereocenters. The molecule has 0 aliphatic heterocycles. The average molecular weight is 425 g/mol. The predicted molar refractivity (Wildman–Crippen MR) is 124 cm³/mol. The molecule has 0 heterocycles. The number of anilines is 1. The molecule has 0 saturated heterocycles. The van der Waals surface area contributed by atoms with Gasteiger partial charge in [-0.25, -0.2) is 0 Å². The van der Waals surface area contributed by atoms with Crippen molar-refractivity contribution in [1.82, 2.24) is 10.6 Å². The smallest absolute Gasteiger partial charge is 0.221 e. The second-order valence-electron chi connectivity index (χ2n) is 7.86. The summed E-state index contributed by atoms with van der Waals surface area (Å²) in [7, 11) is 3.32. The van der Waals surface area contributed by atoms with Gasteiger partial charge in [-0.3, -0.25) is 9.79 Å². The first-order valence-corrected chi connectivity index (χ1v) is 10.6. The van der Waals surface area contributed by atoms with Crippen molar-refractivity contribution in [3.05, 3.63) is 53.1 Å². The van der Waals surface area contributed by atoms with Crippen LogP contribution in [0.5, 0.6) is 11.5 Å². The van der Waals surface area contributed by atoms with Crippen molar-refractivity contribution in [2.75, 3.05) is 26.1 Å². The number of carbonyl (C=O) groups is 1. The van der Waals surface area contributed by atoms with Crippen LogP contribution < -0.4 is 25.4 Å². The fourth-order valence-electron chi connectivity index (χ4n) is 3.17. The Bertz CT molecular complexity index is 938. The molecule has 1 amide bonds. The van der Waals surface area contributed by atoms with Crippen LogP contribution in [-0.2, 0) is 17.9 Å². The SMILES string of the molecule is CN=C(NCc1ccc(OC)c(NC(C)=O)c1)NCc1ccc(C)cc1OCC1CC1. The van der Waals surface area contributed by atoms with Gasteiger partial charge in [-0.1, -0.05) is 18.2 Å². The molecular weight excluding hydrogens is 392 g/mol. The van der Waals surface area contributed by atoms with Gasteiger partial charge in [0.1, 0.15) is 11.5 Å². The van der Waals surface area contributed by atoms with Crippen LogP contribution in [0, 0.1) is 12.8 Å². The van der Waals surface area contributed by atoms with E-state index in [2.05, 4.69) is 46.1 Å².